The molecule has 0 heterocycles. The molecule has 0 N–H and O–H groups in total. The van der Waals surface area contributed by atoms with Crippen molar-refractivity contribution >= 4 is 21.6 Å². The number of sulfonamides is 1. The van der Waals surface area contributed by atoms with Crippen LogP contribution in [0.5, 0.6) is 0 Å². The summed E-state index contributed by atoms with van der Waals surface area (Å²) in [5.74, 6) is -0.255. The quantitative estimate of drug-likeness (QED) is 0.796. The fourth-order valence-corrected chi connectivity index (χ4v) is 3.91. The number of hydrogen-bond acceptors (Lipinski definition) is 3. The second-order valence-corrected chi connectivity index (χ2v) is 8.11. The second-order valence-electron chi connectivity index (χ2n) is 6.25. The zero-order valence-corrected chi connectivity index (χ0v) is 15.8. The van der Waals surface area contributed by atoms with Crippen molar-refractivity contribution in [3.8, 4) is 0 Å². The van der Waals surface area contributed by atoms with Crippen molar-refractivity contribution in [3.63, 3.8) is 0 Å². The van der Waals surface area contributed by atoms with Gasteiger partial charge in [-0.3, -0.25) is 9.10 Å². The largest absolute Gasteiger partial charge is 0.340 e. The van der Waals surface area contributed by atoms with E-state index in [0.29, 0.717) is 12.2 Å². The Hall–Kier alpha value is -2.34. The summed E-state index contributed by atoms with van der Waals surface area (Å²) in [5, 5.41) is 0. The monoisotopic (exact) mass is 360 g/mol. The van der Waals surface area contributed by atoms with Crippen LogP contribution in [0.1, 0.15) is 18.1 Å². The minimum atomic E-state index is -3.59. The van der Waals surface area contributed by atoms with Crippen LogP contribution >= 0.6 is 0 Å². The molecule has 1 amide bonds. The fraction of sp³-hybridized carbons (Fsp3) is 0.316. The molecular weight excluding hydrogens is 336 g/mol. The summed E-state index contributed by atoms with van der Waals surface area (Å²) in [4.78, 5) is 14.3. The number of carbonyl (C=O) groups is 1. The average Bonchev–Trinajstić information content (AvgIpc) is 2.56. The van der Waals surface area contributed by atoms with E-state index in [1.807, 2.05) is 31.2 Å². The van der Waals surface area contributed by atoms with Crippen LogP contribution in [0.25, 0.3) is 0 Å². The molecular formula is C19H24N2O3S. The van der Waals surface area contributed by atoms with Crippen molar-refractivity contribution < 1.29 is 13.2 Å². The number of carbonyl (C=O) groups excluding carboxylic acids is 1. The third-order valence-corrected chi connectivity index (χ3v) is 5.24. The Morgan fingerprint density at radius 1 is 1.04 bits per heavy atom. The molecule has 0 bridgehead atoms. The van der Waals surface area contributed by atoms with Gasteiger partial charge in [0.05, 0.1) is 11.9 Å². The molecule has 0 spiro atoms. The van der Waals surface area contributed by atoms with Crippen molar-refractivity contribution in [1.82, 2.24) is 4.90 Å². The zero-order chi connectivity index (χ0) is 18.6. The molecule has 134 valence electrons. The molecule has 0 fully saturated rings. The Morgan fingerprint density at radius 3 is 2.12 bits per heavy atom. The standard InChI is InChI=1S/C19H24N2O3S/c1-15-10-12-17(13-11-15)14-20(3)19(22)16(2)21(25(4,23)24)18-8-6-5-7-9-18/h5-13,16H,14H2,1-4H3/t16-/m0/s1. The normalized spacial score (nSPS) is 12.5. The Bertz CT molecular complexity index is 818. The van der Waals surface area contributed by atoms with Gasteiger partial charge in [-0.1, -0.05) is 48.0 Å². The van der Waals surface area contributed by atoms with Gasteiger partial charge in [-0.2, -0.15) is 0 Å². The lowest BCUT2D eigenvalue weighted by molar-refractivity contribution is -0.131. The maximum Gasteiger partial charge on any atom is 0.246 e. The van der Waals surface area contributed by atoms with Crippen LogP contribution in [-0.2, 0) is 21.4 Å². The van der Waals surface area contributed by atoms with Gasteiger partial charge in [0.25, 0.3) is 0 Å². The van der Waals surface area contributed by atoms with Gasteiger partial charge in [0, 0.05) is 13.6 Å². The first kappa shape index (κ1) is 19.0. The minimum absolute atomic E-state index is 0.255. The molecule has 0 radical (unpaired) electrons. The van der Waals surface area contributed by atoms with E-state index in [0.717, 1.165) is 17.4 Å². The Kier molecular flexibility index (Phi) is 5.85. The highest BCUT2D eigenvalue weighted by Gasteiger charge is 2.30. The molecule has 0 saturated heterocycles. The smallest absolute Gasteiger partial charge is 0.246 e. The molecule has 0 aliphatic rings. The molecule has 5 nitrogen and oxygen atoms in total. The Balaban J connectivity index is 2.21. The summed E-state index contributed by atoms with van der Waals surface area (Å²) >= 11 is 0. The van der Waals surface area contributed by atoms with E-state index in [9.17, 15) is 13.2 Å². The SMILES string of the molecule is Cc1ccc(CN(C)C(=O)[C@H](C)N(c2ccccc2)S(C)(=O)=O)cc1. The third kappa shape index (κ3) is 4.82. The summed E-state index contributed by atoms with van der Waals surface area (Å²) in [6.07, 6.45) is 1.11. The number of nitrogens with zero attached hydrogens (tertiary/aromatic N) is 2. The first-order chi connectivity index (χ1) is 11.7. The van der Waals surface area contributed by atoms with E-state index in [4.69, 9.17) is 0 Å². The number of para-hydroxylation sites is 1. The molecule has 6 heteroatoms. The van der Waals surface area contributed by atoms with Gasteiger partial charge in [0.15, 0.2) is 0 Å². The molecule has 0 saturated carbocycles. The summed E-state index contributed by atoms with van der Waals surface area (Å²) in [7, 11) is -1.90. The zero-order valence-electron chi connectivity index (χ0n) is 15.0. The van der Waals surface area contributed by atoms with Gasteiger partial charge in [0.2, 0.25) is 15.9 Å². The van der Waals surface area contributed by atoms with Crippen LogP contribution in [-0.4, -0.2) is 38.6 Å². The first-order valence-electron chi connectivity index (χ1n) is 8.05. The van der Waals surface area contributed by atoms with Crippen molar-refractivity contribution in [1.29, 1.82) is 0 Å². The molecule has 2 rings (SSSR count). The maximum absolute atomic E-state index is 12.8. The number of amides is 1. The number of benzene rings is 2. The number of aryl methyl sites for hydroxylation is 1. The Labute approximate surface area is 149 Å². The predicted octanol–water partition coefficient (Wildman–Crippen LogP) is 2.81. The van der Waals surface area contributed by atoms with Gasteiger partial charge in [-0.25, -0.2) is 8.42 Å². The molecule has 25 heavy (non-hydrogen) atoms. The van der Waals surface area contributed by atoms with Crippen LogP contribution in [0.2, 0.25) is 0 Å². The highest BCUT2D eigenvalue weighted by Crippen LogP contribution is 2.21. The lowest BCUT2D eigenvalue weighted by Crippen LogP contribution is -2.48. The Morgan fingerprint density at radius 2 is 1.60 bits per heavy atom. The van der Waals surface area contributed by atoms with Crippen LogP contribution < -0.4 is 4.31 Å². The summed E-state index contributed by atoms with van der Waals surface area (Å²) < 4.78 is 25.7. The maximum atomic E-state index is 12.8. The van der Waals surface area contributed by atoms with Crippen LogP contribution in [0.3, 0.4) is 0 Å². The van der Waals surface area contributed by atoms with Gasteiger partial charge in [-0.05, 0) is 31.5 Å². The molecule has 2 aromatic carbocycles. The van der Waals surface area contributed by atoms with Gasteiger partial charge < -0.3 is 4.90 Å². The fourth-order valence-electron chi connectivity index (χ4n) is 2.74. The lowest BCUT2D eigenvalue weighted by atomic mass is 10.1. The molecule has 0 aliphatic carbocycles. The molecule has 2 aromatic rings. The van der Waals surface area contributed by atoms with E-state index < -0.39 is 16.1 Å². The van der Waals surface area contributed by atoms with Gasteiger partial charge >= 0.3 is 0 Å². The number of hydrogen-bond donors (Lipinski definition) is 0. The van der Waals surface area contributed by atoms with E-state index in [2.05, 4.69) is 0 Å². The summed E-state index contributed by atoms with van der Waals surface area (Å²) in [6.45, 7) is 4.04. The van der Waals surface area contributed by atoms with Crippen LogP contribution in [0.15, 0.2) is 54.6 Å². The van der Waals surface area contributed by atoms with E-state index >= 15 is 0 Å². The second kappa shape index (κ2) is 7.70. The predicted molar refractivity (Wildman–Crippen MR) is 101 cm³/mol. The highest BCUT2D eigenvalue weighted by atomic mass is 32.2. The van der Waals surface area contributed by atoms with E-state index in [1.54, 1.807) is 49.2 Å². The van der Waals surface area contributed by atoms with E-state index in [1.165, 1.54) is 4.31 Å². The van der Waals surface area contributed by atoms with Gasteiger partial charge in [0.1, 0.15) is 6.04 Å². The van der Waals surface area contributed by atoms with Crippen molar-refractivity contribution in [2.24, 2.45) is 0 Å². The lowest BCUT2D eigenvalue weighted by Gasteiger charge is -2.31. The first-order valence-corrected chi connectivity index (χ1v) is 9.90. The van der Waals surface area contributed by atoms with Crippen LogP contribution in [0.4, 0.5) is 5.69 Å². The van der Waals surface area contributed by atoms with E-state index in [-0.39, 0.29) is 5.91 Å². The topological polar surface area (TPSA) is 57.7 Å². The summed E-state index contributed by atoms with van der Waals surface area (Å²) in [5.41, 5.74) is 2.63. The van der Waals surface area contributed by atoms with Crippen LogP contribution in [0, 0.1) is 6.92 Å². The average molecular weight is 360 g/mol. The number of anilines is 1. The molecule has 0 aliphatic heterocycles. The highest BCUT2D eigenvalue weighted by molar-refractivity contribution is 7.92. The summed E-state index contributed by atoms with van der Waals surface area (Å²) in [6, 6.07) is 15.8. The molecule has 0 aromatic heterocycles. The van der Waals surface area contributed by atoms with Crippen molar-refractivity contribution in [3.05, 3.63) is 65.7 Å². The number of rotatable bonds is 6. The molecule has 0 unspecified atom stereocenters. The van der Waals surface area contributed by atoms with Crippen molar-refractivity contribution in [2.75, 3.05) is 17.6 Å². The van der Waals surface area contributed by atoms with Gasteiger partial charge in [-0.15, -0.1) is 0 Å². The molecule has 1 atom stereocenters. The van der Waals surface area contributed by atoms with Crippen molar-refractivity contribution in [2.45, 2.75) is 26.4 Å². The number of likely N-dealkylation sites (N-methyl/N-ethyl adjacent to an activating group) is 1. The third-order valence-electron chi connectivity index (χ3n) is 3.99. The minimum Gasteiger partial charge on any atom is -0.340 e.